The molecular weight excluding hydrogens is 256 g/mol. The monoisotopic (exact) mass is 270 g/mol. The van der Waals surface area contributed by atoms with Crippen LogP contribution in [0.15, 0.2) is 54.6 Å². The predicted octanol–water partition coefficient (Wildman–Crippen LogP) is 3.83. The number of rotatable bonds is 1. The van der Waals surface area contributed by atoms with E-state index in [2.05, 4.69) is 48.5 Å². The molecule has 0 aromatic heterocycles. The van der Waals surface area contributed by atoms with Gasteiger partial charge < -0.3 is 9.47 Å². The quantitative estimate of drug-likeness (QED) is 0.784. The first-order chi connectivity index (χ1) is 9.37. The minimum absolute atomic E-state index is 0.340. The van der Waals surface area contributed by atoms with Crippen molar-refractivity contribution in [1.29, 1.82) is 0 Å². The first-order valence-electron chi connectivity index (χ1n) is 6.46. The molecule has 0 saturated carbocycles. The fourth-order valence-electron chi connectivity index (χ4n) is 2.68. The summed E-state index contributed by atoms with van der Waals surface area (Å²) in [5.41, 5.74) is 3.72. The van der Waals surface area contributed by atoms with Crippen LogP contribution < -0.4 is 0 Å². The van der Waals surface area contributed by atoms with E-state index in [-0.39, 0.29) is 0 Å². The Morgan fingerprint density at radius 2 is 1.74 bits per heavy atom. The Morgan fingerprint density at radius 1 is 0.947 bits per heavy atom. The Morgan fingerprint density at radius 3 is 2.63 bits per heavy atom. The summed E-state index contributed by atoms with van der Waals surface area (Å²) < 4.78 is 12.0. The van der Waals surface area contributed by atoms with E-state index < -0.39 is 5.12 Å². The summed E-state index contributed by atoms with van der Waals surface area (Å²) in [7, 11) is 0. The lowest BCUT2D eigenvalue weighted by Gasteiger charge is -2.22. The van der Waals surface area contributed by atoms with Gasteiger partial charge in [0.2, 0.25) is 5.12 Å². The molecule has 0 aliphatic carbocycles. The van der Waals surface area contributed by atoms with Crippen molar-refractivity contribution < 1.29 is 9.47 Å². The van der Waals surface area contributed by atoms with Gasteiger partial charge >= 0.3 is 0 Å². The normalized spacial score (nSPS) is 28.7. The molecule has 2 aliphatic rings. The van der Waals surface area contributed by atoms with Crippen molar-refractivity contribution in [3.63, 3.8) is 0 Å². The lowest BCUT2D eigenvalue weighted by molar-refractivity contribution is -0.157. The molecule has 0 N–H and O–H groups in total. The lowest BCUT2D eigenvalue weighted by atomic mass is 10.1. The van der Waals surface area contributed by atoms with E-state index in [1.807, 2.05) is 6.07 Å². The standard InChI is InChI=1S/C16H14O2S/c1-2-6-12(7-3-1)15-11-18-16(19-15)14-9-5-4-8-13(14)10-17-16/h1-9,15H,10-11H2/t15-,16-/m1/s1. The topological polar surface area (TPSA) is 18.5 Å². The molecule has 2 atom stereocenters. The summed E-state index contributed by atoms with van der Waals surface area (Å²) in [5.74, 6) is 0. The zero-order valence-corrected chi connectivity index (χ0v) is 11.2. The van der Waals surface area contributed by atoms with Crippen LogP contribution >= 0.6 is 11.8 Å². The molecule has 1 saturated heterocycles. The zero-order chi connectivity index (χ0) is 12.7. The van der Waals surface area contributed by atoms with Gasteiger partial charge in [0.05, 0.1) is 18.5 Å². The average Bonchev–Trinajstić information content (AvgIpc) is 3.07. The molecule has 4 rings (SSSR count). The molecular formula is C16H14O2S. The highest BCUT2D eigenvalue weighted by molar-refractivity contribution is 8.00. The van der Waals surface area contributed by atoms with Gasteiger partial charge in [0.1, 0.15) is 0 Å². The van der Waals surface area contributed by atoms with Crippen LogP contribution in [0.1, 0.15) is 21.9 Å². The number of fused-ring (bicyclic) bond motifs is 2. The van der Waals surface area contributed by atoms with Gasteiger partial charge in [-0.2, -0.15) is 0 Å². The summed E-state index contributed by atoms with van der Waals surface area (Å²) in [6, 6.07) is 18.8. The molecule has 2 aromatic carbocycles. The van der Waals surface area contributed by atoms with Crippen molar-refractivity contribution in [2.75, 3.05) is 6.61 Å². The molecule has 2 aliphatic heterocycles. The van der Waals surface area contributed by atoms with Crippen LogP contribution in [0, 0.1) is 0 Å². The summed E-state index contributed by atoms with van der Waals surface area (Å²) in [6.07, 6.45) is 0. The molecule has 2 nitrogen and oxygen atoms in total. The second kappa shape index (κ2) is 4.37. The fourth-order valence-corrected chi connectivity index (χ4v) is 4.08. The first kappa shape index (κ1) is 11.5. The molecule has 1 spiro atoms. The van der Waals surface area contributed by atoms with Crippen molar-refractivity contribution in [1.82, 2.24) is 0 Å². The third-order valence-corrected chi connectivity index (χ3v) is 5.12. The lowest BCUT2D eigenvalue weighted by Crippen LogP contribution is -2.19. The van der Waals surface area contributed by atoms with Gasteiger partial charge in [-0.25, -0.2) is 0 Å². The molecule has 96 valence electrons. The average molecular weight is 270 g/mol. The zero-order valence-electron chi connectivity index (χ0n) is 10.4. The maximum absolute atomic E-state index is 6.04. The molecule has 3 heteroatoms. The number of ether oxygens (including phenoxy) is 2. The van der Waals surface area contributed by atoms with Crippen molar-refractivity contribution in [2.45, 2.75) is 17.0 Å². The molecule has 2 heterocycles. The van der Waals surface area contributed by atoms with Gasteiger partial charge in [-0.05, 0) is 11.1 Å². The van der Waals surface area contributed by atoms with Crippen LogP contribution in [-0.2, 0) is 21.2 Å². The number of benzene rings is 2. The Kier molecular flexibility index (Phi) is 2.65. The SMILES string of the molecule is c1ccc([C@H]2CO[C@@]3(OCc4ccccc43)S2)cc1. The highest BCUT2D eigenvalue weighted by atomic mass is 32.2. The van der Waals surface area contributed by atoms with Crippen LogP contribution in [0.5, 0.6) is 0 Å². The highest BCUT2D eigenvalue weighted by Gasteiger charge is 2.49. The second-order valence-electron chi connectivity index (χ2n) is 4.83. The van der Waals surface area contributed by atoms with Gasteiger partial charge in [-0.15, -0.1) is 0 Å². The van der Waals surface area contributed by atoms with E-state index in [1.165, 1.54) is 16.7 Å². The number of hydrogen-bond acceptors (Lipinski definition) is 3. The number of hydrogen-bond donors (Lipinski definition) is 0. The summed E-state index contributed by atoms with van der Waals surface area (Å²) in [6.45, 7) is 1.34. The van der Waals surface area contributed by atoms with E-state index >= 15 is 0 Å². The van der Waals surface area contributed by atoms with Crippen molar-refractivity contribution in [2.24, 2.45) is 0 Å². The molecule has 0 unspecified atom stereocenters. The van der Waals surface area contributed by atoms with E-state index in [0.717, 1.165) is 0 Å². The third kappa shape index (κ3) is 1.81. The van der Waals surface area contributed by atoms with E-state index in [1.54, 1.807) is 11.8 Å². The maximum atomic E-state index is 6.04. The van der Waals surface area contributed by atoms with Gasteiger partial charge in [0.15, 0.2) is 0 Å². The van der Waals surface area contributed by atoms with E-state index in [9.17, 15) is 0 Å². The smallest absolute Gasteiger partial charge is 0.247 e. The molecule has 0 radical (unpaired) electrons. The third-order valence-electron chi connectivity index (χ3n) is 3.66. The first-order valence-corrected chi connectivity index (χ1v) is 7.34. The summed E-state index contributed by atoms with van der Waals surface area (Å²) in [4.78, 5) is 0. The van der Waals surface area contributed by atoms with Gasteiger partial charge in [-0.1, -0.05) is 66.4 Å². The van der Waals surface area contributed by atoms with Crippen molar-refractivity contribution in [3.8, 4) is 0 Å². The van der Waals surface area contributed by atoms with E-state index in [4.69, 9.17) is 9.47 Å². The molecule has 19 heavy (non-hydrogen) atoms. The van der Waals surface area contributed by atoms with Crippen LogP contribution in [0.4, 0.5) is 0 Å². The molecule has 0 amide bonds. The van der Waals surface area contributed by atoms with Crippen LogP contribution in [-0.4, -0.2) is 6.61 Å². The second-order valence-corrected chi connectivity index (χ2v) is 6.17. The molecule has 1 fully saturated rings. The minimum Gasteiger partial charge on any atom is -0.336 e. The molecule has 0 bridgehead atoms. The highest BCUT2D eigenvalue weighted by Crippen LogP contribution is 2.56. The fraction of sp³-hybridized carbons (Fsp3) is 0.250. The van der Waals surface area contributed by atoms with Crippen LogP contribution in [0.3, 0.4) is 0 Å². The maximum Gasteiger partial charge on any atom is 0.247 e. The Labute approximate surface area is 116 Å². The molecule has 2 aromatic rings. The largest absolute Gasteiger partial charge is 0.336 e. The van der Waals surface area contributed by atoms with Gasteiger partial charge in [0, 0.05) is 5.56 Å². The van der Waals surface area contributed by atoms with Crippen molar-refractivity contribution >= 4 is 11.8 Å². The Bertz CT molecular complexity index is 599. The summed E-state index contributed by atoms with van der Waals surface area (Å²) in [5, 5.41) is -0.246. The number of thioether (sulfide) groups is 1. The van der Waals surface area contributed by atoms with Gasteiger partial charge in [0.25, 0.3) is 0 Å². The van der Waals surface area contributed by atoms with Gasteiger partial charge in [-0.3, -0.25) is 0 Å². The van der Waals surface area contributed by atoms with Crippen LogP contribution in [0.2, 0.25) is 0 Å². The summed E-state index contributed by atoms with van der Waals surface area (Å²) >= 11 is 1.77. The Balaban J connectivity index is 1.66. The Hall–Kier alpha value is -1.29. The predicted molar refractivity (Wildman–Crippen MR) is 75.6 cm³/mol. The van der Waals surface area contributed by atoms with Crippen molar-refractivity contribution in [3.05, 3.63) is 71.3 Å². The minimum atomic E-state index is -0.586. The van der Waals surface area contributed by atoms with Crippen LogP contribution in [0.25, 0.3) is 0 Å². The van der Waals surface area contributed by atoms with E-state index in [0.29, 0.717) is 18.5 Å².